The summed E-state index contributed by atoms with van der Waals surface area (Å²) in [5, 5.41) is 7.80. The smallest absolute Gasteiger partial charge is 0.103 e. The van der Waals surface area contributed by atoms with Crippen molar-refractivity contribution in [3.8, 4) is 0 Å². The van der Waals surface area contributed by atoms with Crippen LogP contribution >= 0.6 is 24.2 Å². The first-order chi connectivity index (χ1) is 12.6. The zero-order valence-electron chi connectivity index (χ0n) is 16.3. The molecule has 0 amide bonds. The predicted octanol–water partition coefficient (Wildman–Crippen LogP) is 4.64. The molecule has 0 spiro atoms. The Morgan fingerprint density at radius 2 is 1.54 bits per heavy atom. The average molecular weight is 402 g/mol. The average Bonchev–Trinajstić information content (AvgIpc) is 2.68. The maximum Gasteiger partial charge on any atom is 0.103 e. The Kier molecular flexibility index (Phi) is 8.90. The van der Waals surface area contributed by atoms with Crippen molar-refractivity contribution in [3.05, 3.63) is 0 Å². The van der Waals surface area contributed by atoms with Gasteiger partial charge in [-0.05, 0) is 69.1 Å². The molecule has 0 heterocycles. The minimum Gasteiger partial charge on any atom is -0.327 e. The molecule has 3 rings (SSSR count). The Morgan fingerprint density at radius 1 is 0.885 bits per heavy atom. The fourth-order valence-corrected chi connectivity index (χ4v) is 6.12. The predicted molar refractivity (Wildman–Crippen MR) is 116 cm³/mol. The van der Waals surface area contributed by atoms with Gasteiger partial charge in [0.05, 0.1) is 0 Å². The van der Waals surface area contributed by atoms with Crippen molar-refractivity contribution >= 4 is 24.2 Å². The minimum atomic E-state index is 0.0910. The quantitative estimate of drug-likeness (QED) is 0.285. The van der Waals surface area contributed by atoms with Crippen molar-refractivity contribution in [1.29, 1.82) is 0 Å². The molecule has 26 heavy (non-hydrogen) atoms. The van der Waals surface area contributed by atoms with Gasteiger partial charge >= 0.3 is 0 Å². The lowest BCUT2D eigenvalue weighted by Gasteiger charge is -2.42. The molecule has 4 atom stereocenters. The summed E-state index contributed by atoms with van der Waals surface area (Å²) >= 11 is 11.1. The number of thiol groups is 1. The fraction of sp³-hybridized carbons (Fsp3) is 1.00. The lowest BCUT2D eigenvalue weighted by molar-refractivity contribution is 0.160. The molecule has 0 aromatic heterocycles. The first-order valence-electron chi connectivity index (χ1n) is 11.2. The molecule has 4 N–H and O–H groups in total. The van der Waals surface area contributed by atoms with E-state index in [9.17, 15) is 0 Å². The van der Waals surface area contributed by atoms with Crippen LogP contribution in [-0.4, -0.2) is 29.5 Å². The van der Waals surface area contributed by atoms with Crippen molar-refractivity contribution in [1.82, 2.24) is 10.6 Å². The second kappa shape index (κ2) is 10.9. The van der Waals surface area contributed by atoms with Gasteiger partial charge in [-0.2, -0.15) is 0 Å². The summed E-state index contributed by atoms with van der Waals surface area (Å²) in [6.45, 7) is 1.10. The summed E-state index contributed by atoms with van der Waals surface area (Å²) in [4.78, 5) is 0. The molecule has 0 radical (unpaired) electrons. The molecule has 0 saturated heterocycles. The summed E-state index contributed by atoms with van der Waals surface area (Å²) < 4.78 is 0. The monoisotopic (exact) mass is 401 g/mol. The molecule has 5 heteroatoms. The third kappa shape index (κ3) is 6.27. The maximum atomic E-state index is 6.80. The highest BCUT2D eigenvalue weighted by molar-refractivity contribution is 7.80. The summed E-state index contributed by atoms with van der Waals surface area (Å²) in [7, 11) is 0. The summed E-state index contributed by atoms with van der Waals surface area (Å²) in [6.07, 6.45) is 16.9. The van der Waals surface area contributed by atoms with E-state index in [0.717, 1.165) is 25.3 Å². The van der Waals surface area contributed by atoms with E-state index in [-0.39, 0.29) is 5.50 Å². The fourth-order valence-electron chi connectivity index (χ4n) is 5.57. The normalized spacial score (nSPS) is 36.6. The summed E-state index contributed by atoms with van der Waals surface area (Å²) in [5.74, 6) is 2.09. The SMILES string of the molecule is NC(C1CCC(Cl)CC1)C1CCCCC1NC(S)NCC1CCCCC1. The molecule has 3 nitrogen and oxygen atoms in total. The van der Waals surface area contributed by atoms with Crippen LogP contribution in [0.4, 0.5) is 0 Å². The first-order valence-corrected chi connectivity index (χ1v) is 12.2. The Bertz CT molecular complexity index is 397. The van der Waals surface area contributed by atoms with Gasteiger partial charge in [-0.25, -0.2) is 0 Å². The number of hydrogen-bond donors (Lipinski definition) is 4. The lowest BCUT2D eigenvalue weighted by Crippen LogP contribution is -2.54. The maximum absolute atomic E-state index is 6.80. The Morgan fingerprint density at radius 3 is 2.27 bits per heavy atom. The van der Waals surface area contributed by atoms with Crippen molar-refractivity contribution in [2.24, 2.45) is 23.5 Å². The van der Waals surface area contributed by atoms with Gasteiger partial charge in [-0.1, -0.05) is 32.1 Å². The van der Waals surface area contributed by atoms with Gasteiger partial charge < -0.3 is 5.73 Å². The van der Waals surface area contributed by atoms with Crippen LogP contribution in [-0.2, 0) is 0 Å². The van der Waals surface area contributed by atoms with Crippen LogP contribution in [0.2, 0.25) is 0 Å². The second-order valence-corrected chi connectivity index (χ2v) is 10.3. The third-order valence-electron chi connectivity index (χ3n) is 7.26. The zero-order chi connectivity index (χ0) is 18.4. The highest BCUT2D eigenvalue weighted by Gasteiger charge is 2.36. The van der Waals surface area contributed by atoms with Gasteiger partial charge in [0, 0.05) is 24.0 Å². The highest BCUT2D eigenvalue weighted by Crippen LogP contribution is 2.36. The van der Waals surface area contributed by atoms with Crippen LogP contribution in [0.1, 0.15) is 83.5 Å². The molecular weight excluding hydrogens is 362 g/mol. The van der Waals surface area contributed by atoms with Crippen LogP contribution in [0.5, 0.6) is 0 Å². The first kappa shape index (κ1) is 21.2. The van der Waals surface area contributed by atoms with Crippen LogP contribution in [0.25, 0.3) is 0 Å². The van der Waals surface area contributed by atoms with E-state index >= 15 is 0 Å². The molecule has 0 aromatic carbocycles. The number of alkyl halides is 1. The number of nitrogens with one attached hydrogen (secondary N) is 2. The number of hydrogen-bond acceptors (Lipinski definition) is 4. The topological polar surface area (TPSA) is 50.1 Å². The van der Waals surface area contributed by atoms with Gasteiger partial charge in [0.25, 0.3) is 0 Å². The number of rotatable bonds is 7. The lowest BCUT2D eigenvalue weighted by atomic mass is 9.72. The highest BCUT2D eigenvalue weighted by atomic mass is 35.5. The van der Waals surface area contributed by atoms with Crippen LogP contribution in [0.15, 0.2) is 0 Å². The Balaban J connectivity index is 1.46. The molecule has 0 aromatic rings. The molecule has 3 aliphatic rings. The molecule has 0 aliphatic heterocycles. The molecule has 3 saturated carbocycles. The molecule has 4 unspecified atom stereocenters. The standard InChI is InChI=1S/C21H40ClN3S/c22-17-12-10-16(11-13-17)20(23)18-8-4-5-9-19(18)25-21(26)24-14-15-6-2-1-3-7-15/h15-21,24-26H,1-14,23H2. The van der Waals surface area contributed by atoms with Crippen molar-refractivity contribution in [3.63, 3.8) is 0 Å². The van der Waals surface area contributed by atoms with Gasteiger partial charge in [-0.3, -0.25) is 10.6 Å². The molecule has 0 bridgehead atoms. The van der Waals surface area contributed by atoms with Crippen molar-refractivity contribution < 1.29 is 0 Å². The molecule has 3 aliphatic carbocycles. The largest absolute Gasteiger partial charge is 0.327 e. The molecule has 152 valence electrons. The van der Waals surface area contributed by atoms with Crippen LogP contribution < -0.4 is 16.4 Å². The molecule has 3 fully saturated rings. The van der Waals surface area contributed by atoms with E-state index in [0.29, 0.717) is 29.3 Å². The van der Waals surface area contributed by atoms with E-state index in [1.54, 1.807) is 0 Å². The van der Waals surface area contributed by atoms with E-state index < -0.39 is 0 Å². The second-order valence-electron chi connectivity index (χ2n) is 9.13. The van der Waals surface area contributed by atoms with Crippen LogP contribution in [0.3, 0.4) is 0 Å². The van der Waals surface area contributed by atoms with Gasteiger partial charge in [0.2, 0.25) is 0 Å². The molecular formula is C21H40ClN3S. The van der Waals surface area contributed by atoms with E-state index in [4.69, 9.17) is 30.0 Å². The minimum absolute atomic E-state index is 0.0910. The van der Waals surface area contributed by atoms with E-state index in [1.165, 1.54) is 70.6 Å². The Hall–Kier alpha value is 0.520. The van der Waals surface area contributed by atoms with Gasteiger partial charge in [0.1, 0.15) is 5.50 Å². The number of halogens is 1. The van der Waals surface area contributed by atoms with E-state index in [2.05, 4.69) is 10.6 Å². The third-order valence-corrected chi connectivity index (χ3v) is 8.02. The van der Waals surface area contributed by atoms with Gasteiger partial charge in [0.15, 0.2) is 0 Å². The Labute approximate surface area is 171 Å². The van der Waals surface area contributed by atoms with Gasteiger partial charge in [-0.15, -0.1) is 24.2 Å². The van der Waals surface area contributed by atoms with Crippen molar-refractivity contribution in [2.45, 2.75) is 106 Å². The summed E-state index contributed by atoms with van der Waals surface area (Å²) in [6, 6.07) is 0.824. The van der Waals surface area contributed by atoms with Crippen LogP contribution in [0, 0.1) is 17.8 Å². The summed E-state index contributed by atoms with van der Waals surface area (Å²) in [5.41, 5.74) is 6.89. The zero-order valence-corrected chi connectivity index (χ0v) is 18.0. The van der Waals surface area contributed by atoms with E-state index in [1.807, 2.05) is 0 Å². The van der Waals surface area contributed by atoms with Crippen molar-refractivity contribution in [2.75, 3.05) is 6.54 Å². The number of nitrogens with two attached hydrogens (primary N) is 1.